The van der Waals surface area contributed by atoms with Crippen LogP contribution in [0.5, 0.6) is 5.75 Å². The molecular weight excluding hydrogens is 172 g/mol. The zero-order chi connectivity index (χ0) is 10.6. The number of rotatable bonds is 4. The van der Waals surface area contributed by atoms with Crippen molar-refractivity contribution in [2.45, 2.75) is 33.3 Å². The van der Waals surface area contributed by atoms with Crippen molar-refractivity contribution in [1.29, 1.82) is 0 Å². The molecule has 0 bridgehead atoms. The Balaban J connectivity index is 3.01. The maximum atomic E-state index is 5.78. The van der Waals surface area contributed by atoms with Gasteiger partial charge in [-0.15, -0.1) is 6.58 Å². The number of para-hydroxylation sites is 1. The van der Waals surface area contributed by atoms with Crippen LogP contribution in [-0.4, -0.2) is 6.10 Å². The van der Waals surface area contributed by atoms with E-state index in [0.29, 0.717) is 0 Å². The normalized spacial score (nSPS) is 10.3. The highest BCUT2D eigenvalue weighted by molar-refractivity contribution is 5.41. The van der Waals surface area contributed by atoms with Gasteiger partial charge in [-0.1, -0.05) is 24.3 Å². The lowest BCUT2D eigenvalue weighted by Gasteiger charge is -2.15. The van der Waals surface area contributed by atoms with Gasteiger partial charge in [0.1, 0.15) is 5.75 Å². The lowest BCUT2D eigenvalue weighted by Crippen LogP contribution is -2.08. The quantitative estimate of drug-likeness (QED) is 0.660. The Labute approximate surface area is 86.4 Å². The molecule has 0 spiro atoms. The Hall–Kier alpha value is -1.24. The Morgan fingerprint density at radius 3 is 2.71 bits per heavy atom. The predicted octanol–water partition coefficient (Wildman–Crippen LogP) is 3.51. The fourth-order valence-electron chi connectivity index (χ4n) is 1.43. The van der Waals surface area contributed by atoms with Crippen LogP contribution >= 0.6 is 0 Å². The molecule has 0 aliphatic heterocycles. The summed E-state index contributed by atoms with van der Waals surface area (Å²) >= 11 is 0. The monoisotopic (exact) mass is 190 g/mol. The standard InChI is InChI=1S/C13H18O/c1-5-7-12-9-6-8-11(4)13(12)14-10(2)3/h5-6,8-10H,1,7H2,2-4H3. The number of ether oxygens (including phenoxy) is 1. The first-order chi connectivity index (χ1) is 6.65. The summed E-state index contributed by atoms with van der Waals surface area (Å²) < 4.78 is 5.78. The van der Waals surface area contributed by atoms with E-state index in [0.717, 1.165) is 12.2 Å². The minimum Gasteiger partial charge on any atom is -0.490 e. The molecule has 0 N–H and O–H groups in total. The van der Waals surface area contributed by atoms with Gasteiger partial charge in [0.05, 0.1) is 6.10 Å². The minimum absolute atomic E-state index is 0.222. The van der Waals surface area contributed by atoms with Gasteiger partial charge >= 0.3 is 0 Å². The zero-order valence-electron chi connectivity index (χ0n) is 9.21. The topological polar surface area (TPSA) is 9.23 Å². The molecule has 1 aromatic rings. The fraction of sp³-hybridized carbons (Fsp3) is 0.385. The average Bonchev–Trinajstić information content (AvgIpc) is 2.11. The van der Waals surface area contributed by atoms with E-state index in [2.05, 4.69) is 31.7 Å². The van der Waals surface area contributed by atoms with E-state index >= 15 is 0 Å². The van der Waals surface area contributed by atoms with E-state index < -0.39 is 0 Å². The van der Waals surface area contributed by atoms with Crippen LogP contribution in [0.1, 0.15) is 25.0 Å². The Morgan fingerprint density at radius 2 is 2.14 bits per heavy atom. The third-order valence-electron chi connectivity index (χ3n) is 2.01. The number of benzene rings is 1. The maximum Gasteiger partial charge on any atom is 0.126 e. The van der Waals surface area contributed by atoms with Crippen molar-refractivity contribution in [2.75, 3.05) is 0 Å². The van der Waals surface area contributed by atoms with Crippen molar-refractivity contribution in [2.24, 2.45) is 0 Å². The van der Waals surface area contributed by atoms with Gasteiger partial charge in [0.25, 0.3) is 0 Å². The van der Waals surface area contributed by atoms with Gasteiger partial charge < -0.3 is 4.74 Å². The van der Waals surface area contributed by atoms with E-state index in [9.17, 15) is 0 Å². The summed E-state index contributed by atoms with van der Waals surface area (Å²) in [7, 11) is 0. The van der Waals surface area contributed by atoms with Gasteiger partial charge in [0.15, 0.2) is 0 Å². The van der Waals surface area contributed by atoms with E-state index in [1.807, 2.05) is 19.9 Å². The lowest BCUT2D eigenvalue weighted by molar-refractivity contribution is 0.238. The van der Waals surface area contributed by atoms with Crippen LogP contribution in [0, 0.1) is 6.92 Å². The molecule has 0 saturated heterocycles. The van der Waals surface area contributed by atoms with Crippen molar-refractivity contribution in [3.63, 3.8) is 0 Å². The van der Waals surface area contributed by atoms with Crippen molar-refractivity contribution >= 4 is 0 Å². The molecule has 1 heteroatoms. The second kappa shape index (κ2) is 4.85. The molecule has 14 heavy (non-hydrogen) atoms. The molecule has 1 aromatic carbocycles. The van der Waals surface area contributed by atoms with Gasteiger partial charge in [-0.05, 0) is 38.3 Å². The Kier molecular flexibility index (Phi) is 3.75. The molecular formula is C13H18O. The van der Waals surface area contributed by atoms with Crippen molar-refractivity contribution in [3.8, 4) is 5.75 Å². The number of allylic oxidation sites excluding steroid dienone is 1. The second-order valence-electron chi connectivity index (χ2n) is 3.72. The van der Waals surface area contributed by atoms with Crippen molar-refractivity contribution in [3.05, 3.63) is 42.0 Å². The Bertz CT molecular complexity index is 313. The third kappa shape index (κ3) is 2.63. The van der Waals surface area contributed by atoms with Gasteiger partial charge in [0, 0.05) is 0 Å². The Morgan fingerprint density at radius 1 is 1.43 bits per heavy atom. The van der Waals surface area contributed by atoms with Gasteiger partial charge in [-0.25, -0.2) is 0 Å². The summed E-state index contributed by atoms with van der Waals surface area (Å²) in [6.45, 7) is 9.92. The molecule has 0 saturated carbocycles. The summed E-state index contributed by atoms with van der Waals surface area (Å²) in [6, 6.07) is 6.22. The van der Waals surface area contributed by atoms with Crippen LogP contribution in [0.25, 0.3) is 0 Å². The second-order valence-corrected chi connectivity index (χ2v) is 3.72. The maximum absolute atomic E-state index is 5.78. The third-order valence-corrected chi connectivity index (χ3v) is 2.01. The van der Waals surface area contributed by atoms with Crippen LogP contribution in [0.2, 0.25) is 0 Å². The smallest absolute Gasteiger partial charge is 0.126 e. The number of aryl methyl sites for hydroxylation is 1. The molecule has 0 radical (unpaired) electrons. The first kappa shape index (κ1) is 10.8. The molecule has 0 aliphatic rings. The van der Waals surface area contributed by atoms with E-state index in [-0.39, 0.29) is 6.10 Å². The SMILES string of the molecule is C=CCc1cccc(C)c1OC(C)C. The summed E-state index contributed by atoms with van der Waals surface area (Å²) in [5, 5.41) is 0. The summed E-state index contributed by atoms with van der Waals surface area (Å²) in [5.74, 6) is 1.02. The molecule has 1 rings (SSSR count). The minimum atomic E-state index is 0.222. The van der Waals surface area contributed by atoms with E-state index in [4.69, 9.17) is 4.74 Å². The zero-order valence-corrected chi connectivity index (χ0v) is 9.21. The number of hydrogen-bond donors (Lipinski definition) is 0. The molecule has 0 unspecified atom stereocenters. The molecule has 1 nitrogen and oxygen atoms in total. The molecule has 0 heterocycles. The largest absolute Gasteiger partial charge is 0.490 e. The molecule has 0 fully saturated rings. The summed E-state index contributed by atoms with van der Waals surface area (Å²) in [6.07, 6.45) is 2.99. The van der Waals surface area contributed by atoms with Crippen molar-refractivity contribution in [1.82, 2.24) is 0 Å². The van der Waals surface area contributed by atoms with Crippen LogP contribution < -0.4 is 4.74 Å². The van der Waals surface area contributed by atoms with Gasteiger partial charge in [-0.3, -0.25) is 0 Å². The highest BCUT2D eigenvalue weighted by atomic mass is 16.5. The van der Waals surface area contributed by atoms with Crippen molar-refractivity contribution < 1.29 is 4.74 Å². The number of hydrogen-bond acceptors (Lipinski definition) is 1. The summed E-state index contributed by atoms with van der Waals surface area (Å²) in [4.78, 5) is 0. The van der Waals surface area contributed by atoms with Crippen LogP contribution in [0.3, 0.4) is 0 Å². The average molecular weight is 190 g/mol. The highest BCUT2D eigenvalue weighted by Gasteiger charge is 2.06. The fourth-order valence-corrected chi connectivity index (χ4v) is 1.43. The molecule has 0 aromatic heterocycles. The van der Waals surface area contributed by atoms with E-state index in [1.54, 1.807) is 0 Å². The highest BCUT2D eigenvalue weighted by Crippen LogP contribution is 2.25. The van der Waals surface area contributed by atoms with Gasteiger partial charge in [0.2, 0.25) is 0 Å². The van der Waals surface area contributed by atoms with Gasteiger partial charge in [-0.2, -0.15) is 0 Å². The van der Waals surface area contributed by atoms with Crippen LogP contribution in [0.4, 0.5) is 0 Å². The lowest BCUT2D eigenvalue weighted by atomic mass is 10.1. The first-order valence-corrected chi connectivity index (χ1v) is 5.01. The predicted molar refractivity (Wildman–Crippen MR) is 60.8 cm³/mol. The van der Waals surface area contributed by atoms with Crippen LogP contribution in [0.15, 0.2) is 30.9 Å². The molecule has 0 amide bonds. The molecule has 76 valence electrons. The van der Waals surface area contributed by atoms with Crippen LogP contribution in [-0.2, 0) is 6.42 Å². The molecule has 0 atom stereocenters. The van der Waals surface area contributed by atoms with E-state index in [1.165, 1.54) is 11.1 Å². The summed E-state index contributed by atoms with van der Waals surface area (Å²) in [5.41, 5.74) is 2.41. The first-order valence-electron chi connectivity index (χ1n) is 5.01. The molecule has 0 aliphatic carbocycles.